The number of nitrogens with zero attached hydrogens (tertiary/aromatic N) is 2. The molecule has 2 aromatic rings. The van der Waals surface area contributed by atoms with E-state index in [9.17, 15) is 19.2 Å². The minimum atomic E-state index is -0.687. The lowest BCUT2D eigenvalue weighted by Gasteiger charge is -2.21. The Labute approximate surface area is 146 Å². The lowest BCUT2D eigenvalue weighted by atomic mass is 10.1. The first-order valence-electron chi connectivity index (χ1n) is 7.38. The zero-order valence-corrected chi connectivity index (χ0v) is 13.5. The minimum absolute atomic E-state index is 0.160. The van der Waals surface area contributed by atoms with E-state index in [2.05, 4.69) is 0 Å². The van der Waals surface area contributed by atoms with Crippen molar-refractivity contribution >= 4 is 40.8 Å². The fraction of sp³-hybridized carbons (Fsp3) is 0. The largest absolute Gasteiger partial charge is 0.313 e. The summed E-state index contributed by atoms with van der Waals surface area (Å²) in [5.74, 6) is -2.04. The molecule has 6 nitrogen and oxygen atoms in total. The van der Waals surface area contributed by atoms with E-state index in [-0.39, 0.29) is 16.0 Å². The van der Waals surface area contributed by atoms with Crippen molar-refractivity contribution in [3.63, 3.8) is 0 Å². The molecule has 4 rings (SSSR count). The average molecular weight is 350 g/mol. The van der Waals surface area contributed by atoms with Gasteiger partial charge in [0.05, 0.1) is 16.0 Å². The van der Waals surface area contributed by atoms with Gasteiger partial charge in [0.1, 0.15) is 0 Å². The number of hydrogen-bond acceptors (Lipinski definition) is 5. The van der Waals surface area contributed by atoms with Gasteiger partial charge in [-0.1, -0.05) is 42.5 Å². The van der Waals surface area contributed by atoms with Crippen molar-refractivity contribution in [2.45, 2.75) is 0 Å². The van der Waals surface area contributed by atoms with Gasteiger partial charge in [0.15, 0.2) is 0 Å². The molecule has 1 saturated heterocycles. The van der Waals surface area contributed by atoms with Crippen LogP contribution >= 0.6 is 11.8 Å². The maximum Gasteiger partial charge on any atom is 0.313 e. The second-order valence-corrected chi connectivity index (χ2v) is 6.37. The van der Waals surface area contributed by atoms with Crippen LogP contribution in [0.3, 0.4) is 0 Å². The van der Waals surface area contributed by atoms with Gasteiger partial charge in [-0.15, -0.1) is 0 Å². The molecule has 0 aromatic heterocycles. The fourth-order valence-electron chi connectivity index (χ4n) is 2.69. The molecule has 2 heterocycles. The summed E-state index contributed by atoms with van der Waals surface area (Å²) >= 11 is 0.699. The molecule has 0 bridgehead atoms. The van der Waals surface area contributed by atoms with Crippen molar-refractivity contribution in [2.75, 3.05) is 0 Å². The maximum absolute atomic E-state index is 12.6. The maximum atomic E-state index is 12.6. The van der Waals surface area contributed by atoms with E-state index >= 15 is 0 Å². The average Bonchev–Trinajstić information content (AvgIpc) is 3.03. The van der Waals surface area contributed by atoms with Gasteiger partial charge in [0, 0.05) is 0 Å². The Hall–Kier alpha value is -3.19. The second kappa shape index (κ2) is 5.71. The van der Waals surface area contributed by atoms with Crippen molar-refractivity contribution in [3.8, 4) is 0 Å². The molecule has 2 aliphatic rings. The third kappa shape index (κ3) is 2.36. The summed E-state index contributed by atoms with van der Waals surface area (Å²) in [7, 11) is 0. The predicted octanol–water partition coefficient (Wildman–Crippen LogP) is 2.93. The van der Waals surface area contributed by atoms with E-state index in [0.29, 0.717) is 21.8 Å². The van der Waals surface area contributed by atoms with Crippen molar-refractivity contribution in [2.24, 2.45) is 0 Å². The third-order valence-corrected chi connectivity index (χ3v) is 4.70. The number of amides is 4. The SMILES string of the molecule is O=C1S/C(=C/c2ccccc2)C(=O)N1N1C(=O)c2ccccc2C1=O. The number of fused-ring (bicyclic) bond motifs is 1. The highest BCUT2D eigenvalue weighted by Gasteiger charge is 2.48. The molecular weight excluding hydrogens is 340 g/mol. The first kappa shape index (κ1) is 15.3. The molecule has 25 heavy (non-hydrogen) atoms. The molecule has 0 N–H and O–H groups in total. The van der Waals surface area contributed by atoms with Crippen LogP contribution in [0.25, 0.3) is 6.08 Å². The van der Waals surface area contributed by atoms with Crippen LogP contribution in [0, 0.1) is 0 Å². The standard InChI is InChI=1S/C18H10N2O4S/c21-15-12-8-4-5-9-13(12)16(22)19(15)20-17(23)14(25-18(20)24)10-11-6-2-1-3-7-11/h1-10H/b14-10+. The van der Waals surface area contributed by atoms with Gasteiger partial charge in [-0.3, -0.25) is 19.2 Å². The van der Waals surface area contributed by atoms with E-state index in [1.165, 1.54) is 12.1 Å². The Morgan fingerprint density at radius 3 is 1.84 bits per heavy atom. The minimum Gasteiger partial charge on any atom is -0.267 e. The lowest BCUT2D eigenvalue weighted by molar-refractivity contribution is -0.129. The highest BCUT2D eigenvalue weighted by molar-refractivity contribution is 8.18. The summed E-state index contributed by atoms with van der Waals surface area (Å²) in [6.45, 7) is 0. The lowest BCUT2D eigenvalue weighted by Crippen LogP contribution is -2.48. The summed E-state index contributed by atoms with van der Waals surface area (Å²) in [4.78, 5) is 50.0. The molecule has 0 radical (unpaired) electrons. The molecular formula is C18H10N2O4S. The summed E-state index contributed by atoms with van der Waals surface area (Å²) in [5.41, 5.74) is 1.10. The Bertz CT molecular complexity index is 933. The zero-order valence-electron chi connectivity index (χ0n) is 12.7. The summed E-state index contributed by atoms with van der Waals surface area (Å²) in [6, 6.07) is 15.3. The zero-order chi connectivity index (χ0) is 17.6. The molecule has 0 spiro atoms. The topological polar surface area (TPSA) is 74.8 Å². The van der Waals surface area contributed by atoms with Crippen LogP contribution in [0.1, 0.15) is 26.3 Å². The van der Waals surface area contributed by atoms with Gasteiger partial charge >= 0.3 is 5.24 Å². The Morgan fingerprint density at radius 1 is 0.680 bits per heavy atom. The number of carbonyl (C=O) groups is 4. The van der Waals surface area contributed by atoms with Crippen LogP contribution in [0.4, 0.5) is 4.79 Å². The summed E-state index contributed by atoms with van der Waals surface area (Å²) in [5, 5.41) is 0.555. The van der Waals surface area contributed by atoms with Crippen molar-refractivity contribution in [1.82, 2.24) is 10.0 Å². The van der Waals surface area contributed by atoms with Gasteiger partial charge < -0.3 is 0 Å². The van der Waals surface area contributed by atoms with E-state index in [1.54, 1.807) is 42.5 Å². The van der Waals surface area contributed by atoms with Crippen LogP contribution in [-0.2, 0) is 4.79 Å². The summed E-state index contributed by atoms with van der Waals surface area (Å²) in [6.07, 6.45) is 1.56. The van der Waals surface area contributed by atoms with Gasteiger partial charge in [-0.05, 0) is 35.5 Å². The second-order valence-electron chi connectivity index (χ2n) is 5.37. The molecule has 122 valence electrons. The van der Waals surface area contributed by atoms with Gasteiger partial charge in [0.25, 0.3) is 17.7 Å². The number of rotatable bonds is 2. The van der Waals surface area contributed by atoms with Gasteiger partial charge in [-0.25, -0.2) is 0 Å². The van der Waals surface area contributed by atoms with E-state index < -0.39 is 23.0 Å². The molecule has 0 unspecified atom stereocenters. The van der Waals surface area contributed by atoms with Gasteiger partial charge in [-0.2, -0.15) is 10.0 Å². The van der Waals surface area contributed by atoms with Crippen LogP contribution in [0.2, 0.25) is 0 Å². The molecule has 4 amide bonds. The highest BCUT2D eigenvalue weighted by Crippen LogP contribution is 2.36. The number of hydrogen-bond donors (Lipinski definition) is 0. The van der Waals surface area contributed by atoms with Gasteiger partial charge in [0.2, 0.25) is 0 Å². The molecule has 0 aliphatic carbocycles. The highest BCUT2D eigenvalue weighted by atomic mass is 32.2. The molecule has 7 heteroatoms. The number of benzene rings is 2. The van der Waals surface area contributed by atoms with Crippen LogP contribution in [0.15, 0.2) is 59.5 Å². The molecule has 1 fully saturated rings. The molecule has 2 aromatic carbocycles. The first-order valence-corrected chi connectivity index (χ1v) is 8.20. The predicted molar refractivity (Wildman–Crippen MR) is 91.2 cm³/mol. The smallest absolute Gasteiger partial charge is 0.267 e. The first-order chi connectivity index (χ1) is 12.1. The number of hydrazine groups is 1. The number of imide groups is 2. The number of carbonyl (C=O) groups excluding carboxylic acids is 4. The van der Waals surface area contributed by atoms with Crippen LogP contribution < -0.4 is 0 Å². The van der Waals surface area contributed by atoms with Crippen molar-refractivity contribution < 1.29 is 19.2 Å². The van der Waals surface area contributed by atoms with Crippen LogP contribution in [0.5, 0.6) is 0 Å². The quantitative estimate of drug-likeness (QED) is 0.615. The molecule has 0 saturated carbocycles. The Morgan fingerprint density at radius 2 is 1.24 bits per heavy atom. The fourth-order valence-corrected chi connectivity index (χ4v) is 3.50. The van der Waals surface area contributed by atoms with E-state index in [1.807, 2.05) is 6.07 Å². The van der Waals surface area contributed by atoms with Crippen LogP contribution in [-0.4, -0.2) is 33.0 Å². The van der Waals surface area contributed by atoms with Crippen molar-refractivity contribution in [3.05, 3.63) is 76.2 Å². The van der Waals surface area contributed by atoms with Crippen molar-refractivity contribution in [1.29, 1.82) is 0 Å². The third-order valence-electron chi connectivity index (χ3n) is 3.84. The summed E-state index contributed by atoms with van der Waals surface area (Å²) < 4.78 is 0. The Balaban J connectivity index is 1.70. The van der Waals surface area contributed by atoms with E-state index in [4.69, 9.17) is 0 Å². The van der Waals surface area contributed by atoms with E-state index in [0.717, 1.165) is 5.56 Å². The molecule has 0 atom stereocenters. The Kier molecular flexibility index (Phi) is 3.51. The number of thioether (sulfide) groups is 1. The monoisotopic (exact) mass is 350 g/mol. The normalized spacial score (nSPS) is 18.5. The molecule has 2 aliphatic heterocycles.